The molecule has 1 saturated heterocycles. The molecular formula is C18H27N3O3. The molecule has 6 nitrogen and oxygen atoms in total. The van der Waals surface area contributed by atoms with Gasteiger partial charge in [-0.15, -0.1) is 0 Å². The molecule has 24 heavy (non-hydrogen) atoms. The number of methoxy groups -OCH3 is 1. The molecule has 0 spiro atoms. The van der Waals surface area contributed by atoms with E-state index < -0.39 is 6.04 Å². The van der Waals surface area contributed by atoms with Crippen molar-refractivity contribution in [3.63, 3.8) is 0 Å². The molecule has 1 aliphatic heterocycles. The van der Waals surface area contributed by atoms with Crippen molar-refractivity contribution in [2.24, 2.45) is 0 Å². The lowest BCUT2D eigenvalue weighted by molar-refractivity contribution is -0.136. The number of nitrogens with zero attached hydrogens (tertiary/aromatic N) is 1. The summed E-state index contributed by atoms with van der Waals surface area (Å²) < 4.78 is 5.30. The molecule has 2 amide bonds. The topological polar surface area (TPSA) is 70.7 Å². The largest absolute Gasteiger partial charge is 0.495 e. The summed E-state index contributed by atoms with van der Waals surface area (Å²) in [6.45, 7) is 3.42. The van der Waals surface area contributed by atoms with E-state index in [1.165, 1.54) is 0 Å². The van der Waals surface area contributed by atoms with E-state index in [0.29, 0.717) is 30.8 Å². The van der Waals surface area contributed by atoms with E-state index in [0.717, 1.165) is 24.9 Å². The average molecular weight is 333 g/mol. The maximum atomic E-state index is 12.7. The van der Waals surface area contributed by atoms with Crippen LogP contribution in [-0.2, 0) is 9.59 Å². The van der Waals surface area contributed by atoms with E-state index in [-0.39, 0.29) is 11.8 Å². The summed E-state index contributed by atoms with van der Waals surface area (Å²) in [7, 11) is 3.44. The number of nitrogens with one attached hydrogen (secondary N) is 2. The maximum absolute atomic E-state index is 12.7. The molecule has 1 aliphatic rings. The fourth-order valence-corrected chi connectivity index (χ4v) is 3.03. The summed E-state index contributed by atoms with van der Waals surface area (Å²) in [5, 5.41) is 5.96. The number of carbonyl (C=O) groups excluding carboxylic acids is 2. The van der Waals surface area contributed by atoms with Crippen molar-refractivity contribution in [1.82, 2.24) is 10.2 Å². The predicted octanol–water partition coefficient (Wildman–Crippen LogP) is 1.93. The van der Waals surface area contributed by atoms with Crippen molar-refractivity contribution < 1.29 is 14.3 Å². The number of rotatable bonds is 7. The van der Waals surface area contributed by atoms with Crippen LogP contribution in [0.2, 0.25) is 0 Å². The molecule has 2 rings (SSSR count). The molecule has 1 aromatic rings. The van der Waals surface area contributed by atoms with Crippen LogP contribution in [-0.4, -0.2) is 50.0 Å². The lowest BCUT2D eigenvalue weighted by Gasteiger charge is -2.24. The number of aryl methyl sites for hydroxylation is 1. The Morgan fingerprint density at radius 3 is 2.88 bits per heavy atom. The van der Waals surface area contributed by atoms with Crippen LogP contribution < -0.4 is 15.4 Å². The highest BCUT2D eigenvalue weighted by atomic mass is 16.5. The Hall–Kier alpha value is -2.08. The molecule has 0 aliphatic carbocycles. The zero-order chi connectivity index (χ0) is 17.5. The molecule has 1 unspecified atom stereocenters. The Bertz CT molecular complexity index is 589. The minimum absolute atomic E-state index is 0.0547. The van der Waals surface area contributed by atoms with Gasteiger partial charge in [-0.1, -0.05) is 6.07 Å². The first kappa shape index (κ1) is 18.3. The Labute approximate surface area is 143 Å². The smallest absolute Gasteiger partial charge is 0.247 e. The number of likely N-dealkylation sites (tertiary alicyclic amines) is 1. The van der Waals surface area contributed by atoms with Gasteiger partial charge in [-0.25, -0.2) is 0 Å². The first-order valence-corrected chi connectivity index (χ1v) is 8.46. The Balaban J connectivity index is 2.03. The van der Waals surface area contributed by atoms with E-state index in [4.69, 9.17) is 4.74 Å². The van der Waals surface area contributed by atoms with Crippen molar-refractivity contribution >= 4 is 17.5 Å². The third kappa shape index (κ3) is 4.47. The molecule has 1 atom stereocenters. The number of amides is 2. The summed E-state index contributed by atoms with van der Waals surface area (Å²) in [6, 6.07) is 5.25. The monoisotopic (exact) mass is 333 g/mol. The Kier molecular flexibility index (Phi) is 6.61. The predicted molar refractivity (Wildman–Crippen MR) is 94.3 cm³/mol. The minimum atomic E-state index is -0.391. The first-order chi connectivity index (χ1) is 11.6. The first-order valence-electron chi connectivity index (χ1n) is 8.46. The van der Waals surface area contributed by atoms with Crippen LogP contribution in [0.25, 0.3) is 0 Å². The van der Waals surface area contributed by atoms with Gasteiger partial charge in [-0.2, -0.15) is 0 Å². The van der Waals surface area contributed by atoms with Crippen LogP contribution in [0.15, 0.2) is 18.2 Å². The van der Waals surface area contributed by atoms with Crippen LogP contribution in [0.4, 0.5) is 5.69 Å². The van der Waals surface area contributed by atoms with Crippen LogP contribution in [0, 0.1) is 6.92 Å². The molecule has 132 valence electrons. The van der Waals surface area contributed by atoms with Gasteiger partial charge in [0, 0.05) is 13.0 Å². The molecule has 0 saturated carbocycles. The lowest BCUT2D eigenvalue weighted by atomic mass is 10.1. The molecule has 6 heteroatoms. The van der Waals surface area contributed by atoms with Crippen molar-refractivity contribution in [1.29, 1.82) is 0 Å². The van der Waals surface area contributed by atoms with Crippen molar-refractivity contribution in [3.05, 3.63) is 23.8 Å². The van der Waals surface area contributed by atoms with Gasteiger partial charge < -0.3 is 20.3 Å². The molecule has 0 aromatic heterocycles. The van der Waals surface area contributed by atoms with Crippen LogP contribution in [0.3, 0.4) is 0 Å². The van der Waals surface area contributed by atoms with E-state index in [1.807, 2.05) is 32.2 Å². The number of hydrogen-bond donors (Lipinski definition) is 2. The number of anilines is 1. The van der Waals surface area contributed by atoms with Gasteiger partial charge in [0.1, 0.15) is 11.8 Å². The summed E-state index contributed by atoms with van der Waals surface area (Å²) in [5.41, 5.74) is 1.69. The van der Waals surface area contributed by atoms with E-state index in [1.54, 1.807) is 12.0 Å². The Morgan fingerprint density at radius 2 is 2.17 bits per heavy atom. The van der Waals surface area contributed by atoms with Gasteiger partial charge in [0.25, 0.3) is 0 Å². The van der Waals surface area contributed by atoms with Gasteiger partial charge >= 0.3 is 0 Å². The molecule has 1 heterocycles. The fraction of sp³-hybridized carbons (Fsp3) is 0.556. The maximum Gasteiger partial charge on any atom is 0.247 e. The zero-order valence-electron chi connectivity index (χ0n) is 14.7. The number of carbonyl (C=O) groups is 2. The zero-order valence-corrected chi connectivity index (χ0v) is 14.7. The third-order valence-corrected chi connectivity index (χ3v) is 4.31. The number of benzene rings is 1. The fourth-order valence-electron chi connectivity index (χ4n) is 3.03. The standard InChI is InChI=1S/C18H27N3O3/c1-13-8-9-16(24-3)14(12-13)20-18(23)15-6-5-11-21(15)17(22)7-4-10-19-2/h8-9,12,15,19H,4-7,10-11H2,1-3H3,(H,20,23). The van der Waals surface area contributed by atoms with E-state index in [2.05, 4.69) is 10.6 Å². The molecule has 1 fully saturated rings. The van der Waals surface area contributed by atoms with Crippen molar-refractivity contribution in [2.75, 3.05) is 32.6 Å². The van der Waals surface area contributed by atoms with Gasteiger partial charge in [0.05, 0.1) is 12.8 Å². The third-order valence-electron chi connectivity index (χ3n) is 4.31. The van der Waals surface area contributed by atoms with Crippen LogP contribution in [0.5, 0.6) is 5.75 Å². The second-order valence-corrected chi connectivity index (χ2v) is 6.15. The minimum Gasteiger partial charge on any atom is -0.495 e. The SMILES string of the molecule is CNCCCC(=O)N1CCCC1C(=O)Nc1cc(C)ccc1OC. The normalized spacial score (nSPS) is 17.0. The molecular weight excluding hydrogens is 306 g/mol. The van der Waals surface area contributed by atoms with Crippen LogP contribution in [0.1, 0.15) is 31.2 Å². The highest BCUT2D eigenvalue weighted by Gasteiger charge is 2.33. The quantitative estimate of drug-likeness (QED) is 0.748. The summed E-state index contributed by atoms with van der Waals surface area (Å²) >= 11 is 0. The van der Waals surface area contributed by atoms with Gasteiger partial charge in [0.2, 0.25) is 11.8 Å². The summed E-state index contributed by atoms with van der Waals surface area (Å²) in [6.07, 6.45) is 2.82. The number of ether oxygens (including phenoxy) is 1. The highest BCUT2D eigenvalue weighted by Crippen LogP contribution is 2.27. The Morgan fingerprint density at radius 1 is 1.38 bits per heavy atom. The second-order valence-electron chi connectivity index (χ2n) is 6.15. The van der Waals surface area contributed by atoms with Gasteiger partial charge in [-0.3, -0.25) is 9.59 Å². The molecule has 1 aromatic carbocycles. The highest BCUT2D eigenvalue weighted by molar-refractivity contribution is 5.98. The molecule has 0 bridgehead atoms. The van der Waals surface area contributed by atoms with Crippen molar-refractivity contribution in [2.45, 2.75) is 38.6 Å². The van der Waals surface area contributed by atoms with Gasteiger partial charge in [0.15, 0.2) is 0 Å². The van der Waals surface area contributed by atoms with Gasteiger partial charge in [-0.05, 0) is 57.5 Å². The summed E-state index contributed by atoms with van der Waals surface area (Å²) in [4.78, 5) is 26.7. The van der Waals surface area contributed by atoms with Crippen molar-refractivity contribution in [3.8, 4) is 5.75 Å². The molecule has 2 N–H and O–H groups in total. The van der Waals surface area contributed by atoms with Crippen LogP contribution >= 0.6 is 0 Å². The van der Waals surface area contributed by atoms with E-state index in [9.17, 15) is 9.59 Å². The lowest BCUT2D eigenvalue weighted by Crippen LogP contribution is -2.43. The average Bonchev–Trinajstić information content (AvgIpc) is 3.05. The number of hydrogen-bond acceptors (Lipinski definition) is 4. The second kappa shape index (κ2) is 8.68. The van der Waals surface area contributed by atoms with E-state index >= 15 is 0 Å². The molecule has 0 radical (unpaired) electrons. The summed E-state index contributed by atoms with van der Waals surface area (Å²) in [5.74, 6) is 0.538.